The summed E-state index contributed by atoms with van der Waals surface area (Å²) in [4.78, 5) is 11.3. The van der Waals surface area contributed by atoms with Crippen LogP contribution in [0.5, 0.6) is 0 Å². The third-order valence-electron chi connectivity index (χ3n) is 2.71. The van der Waals surface area contributed by atoms with Crippen LogP contribution in [0, 0.1) is 5.41 Å². The quantitative estimate of drug-likeness (QED) is 0.769. The van der Waals surface area contributed by atoms with Crippen LogP contribution in [0.1, 0.15) is 20.8 Å². The van der Waals surface area contributed by atoms with E-state index >= 15 is 0 Å². The Labute approximate surface area is 99.3 Å². The van der Waals surface area contributed by atoms with E-state index in [1.807, 2.05) is 13.8 Å². The first-order chi connectivity index (χ1) is 7.15. The third kappa shape index (κ3) is 3.37. The number of alkyl carbamates (subject to hydrolysis) is 1. The van der Waals surface area contributed by atoms with Crippen LogP contribution >= 0.6 is 0 Å². The Morgan fingerprint density at radius 2 is 2.06 bits per heavy atom. The summed E-state index contributed by atoms with van der Waals surface area (Å²) in [5, 5.41) is 4.24. The minimum absolute atomic E-state index is 0.0405. The van der Waals surface area contributed by atoms with Gasteiger partial charge in [-0.15, -0.1) is 0 Å². The van der Waals surface area contributed by atoms with E-state index < -0.39 is 8.07 Å². The van der Waals surface area contributed by atoms with Gasteiger partial charge in [-0.1, -0.05) is 30.9 Å². The summed E-state index contributed by atoms with van der Waals surface area (Å²) in [6.45, 7) is 13.4. The maximum atomic E-state index is 11.3. The van der Waals surface area contributed by atoms with Gasteiger partial charge in [0.25, 0.3) is 0 Å². The van der Waals surface area contributed by atoms with Gasteiger partial charge in [0.15, 0.2) is 0 Å². The number of hydrogen-bond donors (Lipinski definition) is 1. The zero-order chi connectivity index (χ0) is 12.6. The lowest BCUT2D eigenvalue weighted by Crippen LogP contribution is -2.33. The van der Waals surface area contributed by atoms with Gasteiger partial charge in [0.05, 0.1) is 8.07 Å². The molecule has 92 valence electrons. The summed E-state index contributed by atoms with van der Waals surface area (Å²) in [6.07, 6.45) is 1.94. The Balaban J connectivity index is 2.34. The zero-order valence-corrected chi connectivity index (χ0v) is 12.2. The number of amides is 1. The lowest BCUT2D eigenvalue weighted by atomic mass is 10.1. The Morgan fingerprint density at radius 1 is 1.50 bits per heavy atom. The third-order valence-corrected chi connectivity index (χ3v) is 5.04. The van der Waals surface area contributed by atoms with Gasteiger partial charge in [-0.3, -0.25) is 0 Å². The smallest absolute Gasteiger partial charge is 0.407 e. The molecule has 1 rings (SSSR count). The average molecular weight is 241 g/mol. The lowest BCUT2D eigenvalue weighted by Gasteiger charge is -2.20. The van der Waals surface area contributed by atoms with Gasteiger partial charge in [0.1, 0.15) is 6.61 Å². The van der Waals surface area contributed by atoms with Crippen LogP contribution in [0.25, 0.3) is 0 Å². The van der Waals surface area contributed by atoms with E-state index in [0.29, 0.717) is 6.61 Å². The fraction of sp³-hybridized carbons (Fsp3) is 0.750. The highest BCUT2D eigenvalue weighted by molar-refractivity contribution is 6.84. The van der Waals surface area contributed by atoms with Crippen LogP contribution in [0.2, 0.25) is 19.6 Å². The summed E-state index contributed by atoms with van der Waals surface area (Å²) in [6, 6.07) is 0.129. The molecule has 1 amide bonds. The number of rotatable bonds is 4. The second-order valence-corrected chi connectivity index (χ2v) is 11.1. The minimum atomic E-state index is -1.21. The van der Waals surface area contributed by atoms with E-state index in [9.17, 15) is 4.79 Å². The van der Waals surface area contributed by atoms with Crippen LogP contribution in [0.3, 0.4) is 0 Å². The van der Waals surface area contributed by atoms with Crippen molar-refractivity contribution < 1.29 is 9.53 Å². The van der Waals surface area contributed by atoms with Gasteiger partial charge in [-0.2, -0.15) is 0 Å². The minimum Gasteiger partial charge on any atom is -0.448 e. The second-order valence-electron chi connectivity index (χ2n) is 6.10. The van der Waals surface area contributed by atoms with E-state index in [4.69, 9.17) is 4.74 Å². The molecule has 0 radical (unpaired) electrons. The summed E-state index contributed by atoms with van der Waals surface area (Å²) in [7, 11) is -1.21. The molecule has 0 fully saturated rings. The van der Waals surface area contributed by atoms with Gasteiger partial charge in [0, 0.05) is 11.5 Å². The summed E-state index contributed by atoms with van der Waals surface area (Å²) in [5.41, 5.74) is 0.0405. The first-order valence-corrected chi connectivity index (χ1v) is 9.32. The molecule has 1 atom stereocenters. The number of nitrogens with one attached hydrogen (secondary N) is 1. The van der Waals surface area contributed by atoms with Crippen molar-refractivity contribution in [1.29, 1.82) is 0 Å². The largest absolute Gasteiger partial charge is 0.448 e. The molecule has 0 aromatic rings. The number of carbonyl (C=O) groups is 1. The lowest BCUT2D eigenvalue weighted by molar-refractivity contribution is 0.127. The molecule has 0 aliphatic heterocycles. The fourth-order valence-electron chi connectivity index (χ4n) is 1.97. The van der Waals surface area contributed by atoms with Crippen molar-refractivity contribution in [2.45, 2.75) is 46.5 Å². The van der Waals surface area contributed by atoms with Crippen molar-refractivity contribution >= 4 is 14.2 Å². The highest BCUT2D eigenvalue weighted by Gasteiger charge is 2.46. The van der Waals surface area contributed by atoms with Crippen LogP contribution in [-0.2, 0) is 4.74 Å². The normalized spacial score (nSPS) is 24.1. The summed E-state index contributed by atoms with van der Waals surface area (Å²) in [5.74, 6) is 0. The summed E-state index contributed by atoms with van der Waals surface area (Å²) >= 11 is 0. The Hall–Kier alpha value is -0.773. The maximum Gasteiger partial charge on any atom is 0.407 e. The molecule has 4 heteroatoms. The first kappa shape index (κ1) is 13.3. The molecular formula is C12H23NO2Si. The van der Waals surface area contributed by atoms with Crippen molar-refractivity contribution in [2.24, 2.45) is 5.41 Å². The van der Waals surface area contributed by atoms with Crippen LogP contribution in [-0.4, -0.2) is 26.8 Å². The Bertz CT molecular complexity index is 317. The molecule has 0 spiro atoms. The van der Waals surface area contributed by atoms with Crippen LogP contribution in [0.4, 0.5) is 4.79 Å². The van der Waals surface area contributed by atoms with E-state index in [1.165, 1.54) is 5.20 Å². The molecule has 0 aromatic carbocycles. The monoisotopic (exact) mass is 241 g/mol. The van der Waals surface area contributed by atoms with Crippen molar-refractivity contribution in [3.8, 4) is 0 Å². The Morgan fingerprint density at radius 3 is 2.44 bits per heavy atom. The van der Waals surface area contributed by atoms with Gasteiger partial charge in [-0.05, 0) is 20.8 Å². The predicted molar refractivity (Wildman–Crippen MR) is 69.2 cm³/mol. The molecule has 1 aliphatic carbocycles. The van der Waals surface area contributed by atoms with E-state index in [1.54, 1.807) is 0 Å². The van der Waals surface area contributed by atoms with Crippen molar-refractivity contribution in [1.82, 2.24) is 5.32 Å². The van der Waals surface area contributed by atoms with Crippen LogP contribution < -0.4 is 5.32 Å². The molecule has 0 bridgehead atoms. The van der Waals surface area contributed by atoms with Gasteiger partial charge in [-0.25, -0.2) is 4.79 Å². The standard InChI is InChI=1S/C12H23NO2Si/c1-9(2)13-11(14)15-8-12(3)7-10(12)16(4,5)6/h7,9H,8H2,1-6H3,(H,13,14). The predicted octanol–water partition coefficient (Wildman–Crippen LogP) is 2.94. The van der Waals surface area contributed by atoms with Gasteiger partial charge < -0.3 is 10.1 Å². The Kier molecular flexibility index (Phi) is 3.52. The van der Waals surface area contributed by atoms with Crippen molar-refractivity contribution in [2.75, 3.05) is 6.61 Å². The van der Waals surface area contributed by atoms with Gasteiger partial charge >= 0.3 is 6.09 Å². The van der Waals surface area contributed by atoms with Crippen molar-refractivity contribution in [3.63, 3.8) is 0 Å². The number of carbonyl (C=O) groups excluding carboxylic acids is 1. The van der Waals surface area contributed by atoms with E-state index in [2.05, 4.69) is 38.0 Å². The molecule has 0 heterocycles. The van der Waals surface area contributed by atoms with Gasteiger partial charge in [0.2, 0.25) is 0 Å². The maximum absolute atomic E-state index is 11.3. The number of ether oxygens (including phenoxy) is 1. The zero-order valence-electron chi connectivity index (χ0n) is 11.2. The average Bonchev–Trinajstić information content (AvgIpc) is 2.74. The van der Waals surface area contributed by atoms with Crippen molar-refractivity contribution in [3.05, 3.63) is 11.3 Å². The molecule has 0 saturated carbocycles. The summed E-state index contributed by atoms with van der Waals surface area (Å²) < 4.78 is 5.23. The molecule has 1 aliphatic rings. The molecular weight excluding hydrogens is 218 g/mol. The number of hydrogen-bond acceptors (Lipinski definition) is 2. The molecule has 0 saturated heterocycles. The van der Waals surface area contributed by atoms with E-state index in [0.717, 1.165) is 0 Å². The first-order valence-electron chi connectivity index (χ1n) is 5.82. The highest BCUT2D eigenvalue weighted by atomic mass is 28.3. The fourth-order valence-corrected chi connectivity index (χ4v) is 4.51. The van der Waals surface area contributed by atoms with Crippen LogP contribution in [0.15, 0.2) is 11.3 Å². The second kappa shape index (κ2) is 4.24. The molecule has 16 heavy (non-hydrogen) atoms. The van der Waals surface area contributed by atoms with E-state index in [-0.39, 0.29) is 17.6 Å². The molecule has 1 N–H and O–H groups in total. The SMILES string of the molecule is CC(C)NC(=O)OCC1(C)C=C1[Si](C)(C)C. The highest BCUT2D eigenvalue weighted by Crippen LogP contribution is 2.48. The topological polar surface area (TPSA) is 38.3 Å². The molecule has 0 aromatic heterocycles. The molecule has 1 unspecified atom stereocenters. The molecule has 3 nitrogen and oxygen atoms in total.